The summed E-state index contributed by atoms with van der Waals surface area (Å²) in [7, 11) is 0. The van der Waals surface area contributed by atoms with Crippen LogP contribution in [0, 0.1) is 16.0 Å². The number of rotatable bonds is 10. The average Bonchev–Trinajstić information content (AvgIpc) is 2.92. The normalized spacial score (nSPS) is 10.9. The SMILES string of the molecule is CC(C)COC(=O)c1ccc(Nc2ncnc(Nc3ccc(N=Nc4ccccc4)cc3)c2[N+](=O)[O-])cc1. The number of carbonyl (C=O) groups is 1. The van der Waals surface area contributed by atoms with Crippen LogP contribution in [0.5, 0.6) is 0 Å². The Hall–Kier alpha value is -5.19. The third-order valence-electron chi connectivity index (χ3n) is 5.10. The van der Waals surface area contributed by atoms with Crippen LogP contribution in [-0.2, 0) is 4.74 Å². The number of aromatic nitrogens is 2. The third kappa shape index (κ3) is 6.94. The van der Waals surface area contributed by atoms with Gasteiger partial charge in [-0.1, -0.05) is 32.0 Å². The predicted molar refractivity (Wildman–Crippen MR) is 144 cm³/mol. The molecule has 2 N–H and O–H groups in total. The molecule has 0 atom stereocenters. The Bertz CT molecular complexity index is 1420. The van der Waals surface area contributed by atoms with Gasteiger partial charge in [-0.05, 0) is 66.6 Å². The molecule has 0 radical (unpaired) electrons. The smallest absolute Gasteiger partial charge is 0.353 e. The third-order valence-corrected chi connectivity index (χ3v) is 5.10. The summed E-state index contributed by atoms with van der Waals surface area (Å²) < 4.78 is 5.22. The lowest BCUT2D eigenvalue weighted by Crippen LogP contribution is -2.10. The van der Waals surface area contributed by atoms with Crippen molar-refractivity contribution in [2.45, 2.75) is 13.8 Å². The minimum atomic E-state index is -0.565. The van der Waals surface area contributed by atoms with Crippen LogP contribution in [0.2, 0.25) is 0 Å². The number of ether oxygens (including phenoxy) is 1. The van der Waals surface area contributed by atoms with E-state index in [4.69, 9.17) is 4.74 Å². The molecule has 1 heterocycles. The van der Waals surface area contributed by atoms with Gasteiger partial charge in [-0.3, -0.25) is 10.1 Å². The van der Waals surface area contributed by atoms with Crippen molar-refractivity contribution < 1.29 is 14.5 Å². The second-order valence-electron chi connectivity index (χ2n) is 8.58. The maximum absolute atomic E-state index is 12.1. The van der Waals surface area contributed by atoms with Crippen LogP contribution in [0.1, 0.15) is 24.2 Å². The number of azo groups is 1. The summed E-state index contributed by atoms with van der Waals surface area (Å²) in [5.41, 5.74) is 2.47. The molecule has 192 valence electrons. The van der Waals surface area contributed by atoms with E-state index in [1.165, 1.54) is 6.33 Å². The molecule has 0 amide bonds. The van der Waals surface area contributed by atoms with E-state index in [1.807, 2.05) is 44.2 Å². The first-order chi connectivity index (χ1) is 18.4. The van der Waals surface area contributed by atoms with E-state index in [0.29, 0.717) is 29.2 Å². The lowest BCUT2D eigenvalue weighted by atomic mass is 10.2. The largest absolute Gasteiger partial charge is 0.462 e. The number of nitrogens with one attached hydrogen (secondary N) is 2. The molecule has 4 rings (SSSR count). The molecule has 11 nitrogen and oxygen atoms in total. The van der Waals surface area contributed by atoms with Gasteiger partial charge in [-0.15, -0.1) is 0 Å². The summed E-state index contributed by atoms with van der Waals surface area (Å²) in [6.07, 6.45) is 1.22. The molecule has 0 fully saturated rings. The van der Waals surface area contributed by atoms with E-state index in [9.17, 15) is 14.9 Å². The van der Waals surface area contributed by atoms with E-state index in [-0.39, 0.29) is 23.2 Å². The Morgan fingerprint density at radius 1 is 0.868 bits per heavy atom. The van der Waals surface area contributed by atoms with Crippen molar-refractivity contribution in [1.82, 2.24) is 9.97 Å². The van der Waals surface area contributed by atoms with Crippen molar-refractivity contribution in [3.05, 3.63) is 101 Å². The average molecular weight is 512 g/mol. The fraction of sp³-hybridized carbons (Fsp3) is 0.148. The molecule has 0 spiro atoms. The standard InChI is InChI=1S/C27H25N7O4/c1-18(2)16-38-27(35)19-8-10-20(11-9-19)30-25-24(34(36)37)26(29-17-28-25)31-21-12-14-23(15-13-21)33-32-22-6-4-3-5-7-22/h3-15,17-18H,16H2,1-2H3,(H2,28,29,30,31). The molecule has 3 aromatic carbocycles. The Balaban J connectivity index is 1.47. The van der Waals surface area contributed by atoms with Crippen molar-refractivity contribution in [1.29, 1.82) is 0 Å². The van der Waals surface area contributed by atoms with Gasteiger partial charge in [0.05, 0.1) is 28.5 Å². The van der Waals surface area contributed by atoms with E-state index >= 15 is 0 Å². The molecule has 11 heteroatoms. The zero-order chi connectivity index (χ0) is 26.9. The molecule has 0 saturated heterocycles. The maximum atomic E-state index is 12.1. The number of carbonyl (C=O) groups excluding carboxylic acids is 1. The van der Waals surface area contributed by atoms with Crippen LogP contribution in [-0.4, -0.2) is 27.5 Å². The summed E-state index contributed by atoms with van der Waals surface area (Å²) >= 11 is 0. The van der Waals surface area contributed by atoms with Crippen molar-refractivity contribution in [3.8, 4) is 0 Å². The zero-order valence-electron chi connectivity index (χ0n) is 20.7. The second kappa shape index (κ2) is 12.2. The molecule has 1 aromatic heterocycles. The number of anilines is 4. The van der Waals surface area contributed by atoms with Gasteiger partial charge in [0, 0.05) is 11.4 Å². The van der Waals surface area contributed by atoms with Crippen LogP contribution in [0.15, 0.2) is 95.4 Å². The van der Waals surface area contributed by atoms with Crippen molar-refractivity contribution >= 4 is 46.0 Å². The number of hydrogen-bond donors (Lipinski definition) is 2. The van der Waals surface area contributed by atoms with Gasteiger partial charge >= 0.3 is 11.7 Å². The topological polar surface area (TPSA) is 144 Å². The summed E-state index contributed by atoms with van der Waals surface area (Å²) in [5.74, 6) is -0.197. The van der Waals surface area contributed by atoms with Gasteiger partial charge in [-0.25, -0.2) is 14.8 Å². The molecule has 0 aliphatic carbocycles. The first-order valence-electron chi connectivity index (χ1n) is 11.8. The highest BCUT2D eigenvalue weighted by molar-refractivity contribution is 5.90. The highest BCUT2D eigenvalue weighted by Crippen LogP contribution is 2.33. The highest BCUT2D eigenvalue weighted by atomic mass is 16.6. The molecule has 4 aromatic rings. The van der Waals surface area contributed by atoms with Crippen molar-refractivity contribution in [3.63, 3.8) is 0 Å². The number of esters is 1. The minimum absolute atomic E-state index is 0.00378. The van der Waals surface area contributed by atoms with Gasteiger partial charge in [0.1, 0.15) is 6.33 Å². The van der Waals surface area contributed by atoms with E-state index in [1.54, 1.807) is 48.5 Å². The van der Waals surface area contributed by atoms with Gasteiger partial charge in [0.15, 0.2) is 0 Å². The molecular formula is C27H25N7O4. The van der Waals surface area contributed by atoms with E-state index in [0.717, 1.165) is 5.69 Å². The molecule has 0 unspecified atom stereocenters. The van der Waals surface area contributed by atoms with E-state index in [2.05, 4.69) is 30.8 Å². The Labute approximate surface area is 218 Å². The lowest BCUT2D eigenvalue weighted by molar-refractivity contribution is -0.383. The van der Waals surface area contributed by atoms with Gasteiger partial charge in [0.25, 0.3) is 0 Å². The number of hydrogen-bond acceptors (Lipinski definition) is 10. The molecule has 38 heavy (non-hydrogen) atoms. The summed E-state index contributed by atoms with van der Waals surface area (Å²) in [6, 6.07) is 22.6. The molecule has 0 aliphatic rings. The quantitative estimate of drug-likeness (QED) is 0.0992. The first-order valence-corrected chi connectivity index (χ1v) is 11.8. The minimum Gasteiger partial charge on any atom is -0.462 e. The first kappa shape index (κ1) is 25.9. The van der Waals surface area contributed by atoms with Crippen LogP contribution in [0.25, 0.3) is 0 Å². The highest BCUT2D eigenvalue weighted by Gasteiger charge is 2.23. The Kier molecular flexibility index (Phi) is 8.29. The van der Waals surface area contributed by atoms with Crippen molar-refractivity contribution in [2.75, 3.05) is 17.2 Å². The van der Waals surface area contributed by atoms with Gasteiger partial charge in [-0.2, -0.15) is 10.2 Å². The van der Waals surface area contributed by atoms with Crippen LogP contribution < -0.4 is 10.6 Å². The Morgan fingerprint density at radius 3 is 1.92 bits per heavy atom. The van der Waals surface area contributed by atoms with Crippen LogP contribution >= 0.6 is 0 Å². The molecule has 0 saturated carbocycles. The number of nitrogens with zero attached hydrogens (tertiary/aromatic N) is 5. The van der Waals surface area contributed by atoms with Crippen LogP contribution in [0.4, 0.5) is 40.1 Å². The summed E-state index contributed by atoms with van der Waals surface area (Å²) in [5, 5.41) is 26.2. The fourth-order valence-electron chi connectivity index (χ4n) is 3.24. The molecular weight excluding hydrogens is 486 g/mol. The molecule has 0 bridgehead atoms. The predicted octanol–water partition coefficient (Wildman–Crippen LogP) is 7.10. The summed E-state index contributed by atoms with van der Waals surface area (Å²) in [4.78, 5) is 31.6. The maximum Gasteiger partial charge on any atom is 0.353 e. The van der Waals surface area contributed by atoms with Gasteiger partial charge < -0.3 is 15.4 Å². The van der Waals surface area contributed by atoms with E-state index < -0.39 is 10.9 Å². The monoisotopic (exact) mass is 511 g/mol. The number of nitro groups is 1. The fourth-order valence-corrected chi connectivity index (χ4v) is 3.24. The number of benzene rings is 3. The lowest BCUT2D eigenvalue weighted by Gasteiger charge is -2.11. The zero-order valence-corrected chi connectivity index (χ0v) is 20.7. The van der Waals surface area contributed by atoms with Crippen LogP contribution in [0.3, 0.4) is 0 Å². The second-order valence-corrected chi connectivity index (χ2v) is 8.58. The Morgan fingerprint density at radius 2 is 1.39 bits per heavy atom. The summed E-state index contributed by atoms with van der Waals surface area (Å²) in [6.45, 7) is 4.22. The van der Waals surface area contributed by atoms with Crippen molar-refractivity contribution in [2.24, 2.45) is 16.1 Å². The van der Waals surface area contributed by atoms with Gasteiger partial charge in [0.2, 0.25) is 11.6 Å². The molecule has 0 aliphatic heterocycles.